The fraction of sp³-hybridized carbons (Fsp3) is 0.727. The first-order valence-electron chi connectivity index (χ1n) is 5.80. The number of hydrogen-bond donors (Lipinski definition) is 1. The summed E-state index contributed by atoms with van der Waals surface area (Å²) in [5.41, 5.74) is -0.316. The van der Waals surface area contributed by atoms with Gasteiger partial charge in [0, 0.05) is 13.7 Å². The van der Waals surface area contributed by atoms with Gasteiger partial charge in [-0.15, -0.1) is 0 Å². The Morgan fingerprint density at radius 2 is 2.00 bits per heavy atom. The molecular weight excluding hydrogens is 256 g/mol. The summed E-state index contributed by atoms with van der Waals surface area (Å²) in [5, 5.41) is 3.15. The molecule has 0 amide bonds. The van der Waals surface area contributed by atoms with Gasteiger partial charge in [-0.05, 0) is 31.9 Å². The van der Waals surface area contributed by atoms with Crippen LogP contribution in [0.15, 0.2) is 0 Å². The van der Waals surface area contributed by atoms with E-state index in [4.69, 9.17) is 21.1 Å². The molecule has 1 aromatic heterocycles. The fourth-order valence-corrected chi connectivity index (χ4v) is 1.19. The van der Waals surface area contributed by atoms with Gasteiger partial charge in [0.2, 0.25) is 11.2 Å². The molecule has 6 nitrogen and oxygen atoms in total. The van der Waals surface area contributed by atoms with Crippen molar-refractivity contribution in [2.75, 3.05) is 25.6 Å². The van der Waals surface area contributed by atoms with Crippen molar-refractivity contribution < 1.29 is 9.47 Å². The maximum absolute atomic E-state index is 5.80. The number of aromatic nitrogens is 3. The summed E-state index contributed by atoms with van der Waals surface area (Å²) in [5.74, 6) is 0.381. The molecule has 0 unspecified atom stereocenters. The highest BCUT2D eigenvalue weighted by molar-refractivity contribution is 6.28. The molecule has 0 atom stereocenters. The number of rotatable bonds is 7. The first-order valence-corrected chi connectivity index (χ1v) is 6.18. The van der Waals surface area contributed by atoms with Gasteiger partial charge in [0.25, 0.3) is 0 Å². The highest BCUT2D eigenvalue weighted by Crippen LogP contribution is 2.13. The normalized spacial score (nSPS) is 11.4. The lowest BCUT2D eigenvalue weighted by Crippen LogP contribution is -2.32. The zero-order chi connectivity index (χ0) is 13.6. The average molecular weight is 275 g/mol. The molecule has 0 aliphatic rings. The van der Waals surface area contributed by atoms with Gasteiger partial charge in [-0.3, -0.25) is 0 Å². The Kier molecular flexibility index (Phi) is 5.55. The number of ether oxygens (including phenoxy) is 2. The van der Waals surface area contributed by atoms with Crippen molar-refractivity contribution in [2.45, 2.75) is 32.8 Å². The molecule has 0 saturated carbocycles. The highest BCUT2D eigenvalue weighted by Gasteiger charge is 2.17. The largest absolute Gasteiger partial charge is 0.463 e. The SMILES string of the molecule is CCCOc1nc(Cl)nc(NCC(C)(C)OC)n1. The molecule has 1 rings (SSSR count). The Morgan fingerprint density at radius 3 is 2.61 bits per heavy atom. The quantitative estimate of drug-likeness (QED) is 0.822. The Labute approximate surface area is 112 Å². The van der Waals surface area contributed by atoms with Crippen LogP contribution in [0.3, 0.4) is 0 Å². The first kappa shape index (κ1) is 14.9. The van der Waals surface area contributed by atoms with Crippen molar-refractivity contribution in [3.63, 3.8) is 0 Å². The van der Waals surface area contributed by atoms with Crippen molar-refractivity contribution >= 4 is 17.5 Å². The van der Waals surface area contributed by atoms with Crippen molar-refractivity contribution in [3.05, 3.63) is 5.28 Å². The third-order valence-corrected chi connectivity index (χ3v) is 2.42. The third-order valence-electron chi connectivity index (χ3n) is 2.25. The number of hydrogen-bond acceptors (Lipinski definition) is 6. The molecule has 0 radical (unpaired) electrons. The average Bonchev–Trinajstić information content (AvgIpc) is 2.33. The summed E-state index contributed by atoms with van der Waals surface area (Å²) in [6, 6.07) is 0.231. The summed E-state index contributed by atoms with van der Waals surface area (Å²) < 4.78 is 10.6. The third kappa shape index (κ3) is 5.01. The van der Waals surface area contributed by atoms with E-state index in [0.29, 0.717) is 19.1 Å². The van der Waals surface area contributed by atoms with Crippen LogP contribution in [-0.4, -0.2) is 40.8 Å². The molecule has 0 aliphatic carbocycles. The summed E-state index contributed by atoms with van der Waals surface area (Å²) in [6.45, 7) is 7.01. The molecule has 7 heteroatoms. The minimum atomic E-state index is -0.316. The van der Waals surface area contributed by atoms with E-state index in [-0.39, 0.29) is 16.9 Å². The molecule has 18 heavy (non-hydrogen) atoms. The van der Waals surface area contributed by atoms with Gasteiger partial charge in [-0.2, -0.15) is 15.0 Å². The lowest BCUT2D eigenvalue weighted by molar-refractivity contribution is 0.0342. The molecule has 1 aromatic rings. The second-order valence-corrected chi connectivity index (χ2v) is 4.71. The van der Waals surface area contributed by atoms with E-state index in [1.54, 1.807) is 7.11 Å². The van der Waals surface area contributed by atoms with Crippen LogP contribution in [0.1, 0.15) is 27.2 Å². The fourth-order valence-electron chi connectivity index (χ4n) is 1.03. The van der Waals surface area contributed by atoms with Crippen LogP contribution in [0.2, 0.25) is 5.28 Å². The predicted molar refractivity (Wildman–Crippen MR) is 70.2 cm³/mol. The number of methoxy groups -OCH3 is 1. The molecule has 0 bridgehead atoms. The van der Waals surface area contributed by atoms with Crippen molar-refractivity contribution in [1.82, 2.24) is 15.0 Å². The summed E-state index contributed by atoms with van der Waals surface area (Å²) in [6.07, 6.45) is 0.878. The smallest absolute Gasteiger partial charge is 0.322 e. The zero-order valence-corrected chi connectivity index (χ0v) is 11.9. The van der Waals surface area contributed by atoms with Gasteiger partial charge in [-0.25, -0.2) is 0 Å². The van der Waals surface area contributed by atoms with E-state index in [2.05, 4.69) is 20.3 Å². The van der Waals surface area contributed by atoms with Crippen LogP contribution in [0.25, 0.3) is 0 Å². The van der Waals surface area contributed by atoms with E-state index < -0.39 is 0 Å². The number of anilines is 1. The van der Waals surface area contributed by atoms with E-state index >= 15 is 0 Å². The number of halogens is 1. The van der Waals surface area contributed by atoms with E-state index in [0.717, 1.165) is 6.42 Å². The molecule has 0 aliphatic heterocycles. The van der Waals surface area contributed by atoms with Crippen LogP contribution >= 0.6 is 11.6 Å². The topological polar surface area (TPSA) is 69.2 Å². The second kappa shape index (κ2) is 6.70. The van der Waals surface area contributed by atoms with E-state index in [9.17, 15) is 0 Å². The van der Waals surface area contributed by atoms with Crippen LogP contribution in [0, 0.1) is 0 Å². The lowest BCUT2D eigenvalue weighted by Gasteiger charge is -2.23. The molecular formula is C11H19ClN4O2. The summed E-state index contributed by atoms with van der Waals surface area (Å²) in [4.78, 5) is 12.0. The van der Waals surface area contributed by atoms with Gasteiger partial charge in [0.05, 0.1) is 12.2 Å². The van der Waals surface area contributed by atoms with Crippen LogP contribution in [-0.2, 0) is 4.74 Å². The van der Waals surface area contributed by atoms with E-state index in [1.807, 2.05) is 20.8 Å². The molecule has 0 spiro atoms. The van der Waals surface area contributed by atoms with Crippen LogP contribution in [0.5, 0.6) is 6.01 Å². The molecule has 1 N–H and O–H groups in total. The van der Waals surface area contributed by atoms with Crippen LogP contribution in [0.4, 0.5) is 5.95 Å². The molecule has 0 aromatic carbocycles. The lowest BCUT2D eigenvalue weighted by atomic mass is 10.1. The number of nitrogens with one attached hydrogen (secondary N) is 1. The highest BCUT2D eigenvalue weighted by atomic mass is 35.5. The maximum Gasteiger partial charge on any atom is 0.322 e. The minimum Gasteiger partial charge on any atom is -0.463 e. The summed E-state index contributed by atoms with van der Waals surface area (Å²) in [7, 11) is 1.65. The van der Waals surface area contributed by atoms with Gasteiger partial charge in [0.15, 0.2) is 0 Å². The number of nitrogens with zero attached hydrogens (tertiary/aromatic N) is 3. The Morgan fingerprint density at radius 1 is 1.28 bits per heavy atom. The van der Waals surface area contributed by atoms with Crippen molar-refractivity contribution in [2.24, 2.45) is 0 Å². The molecule has 0 fully saturated rings. The second-order valence-electron chi connectivity index (χ2n) is 4.38. The van der Waals surface area contributed by atoms with Gasteiger partial charge >= 0.3 is 6.01 Å². The Bertz CT molecular complexity index is 387. The monoisotopic (exact) mass is 274 g/mol. The Hall–Kier alpha value is -1.14. The van der Waals surface area contributed by atoms with Gasteiger partial charge < -0.3 is 14.8 Å². The van der Waals surface area contributed by atoms with Crippen LogP contribution < -0.4 is 10.1 Å². The molecule has 0 saturated heterocycles. The molecule has 1 heterocycles. The summed E-state index contributed by atoms with van der Waals surface area (Å²) >= 11 is 5.80. The van der Waals surface area contributed by atoms with Crippen molar-refractivity contribution in [1.29, 1.82) is 0 Å². The standard InChI is InChI=1S/C11H19ClN4O2/c1-5-6-18-10-15-8(12)14-9(16-10)13-7-11(2,3)17-4/h5-7H2,1-4H3,(H,13,14,15,16). The molecule has 102 valence electrons. The van der Waals surface area contributed by atoms with Crippen molar-refractivity contribution in [3.8, 4) is 6.01 Å². The minimum absolute atomic E-state index is 0.105. The van der Waals surface area contributed by atoms with E-state index in [1.165, 1.54) is 0 Å². The zero-order valence-electron chi connectivity index (χ0n) is 11.2. The van der Waals surface area contributed by atoms with Gasteiger partial charge in [0.1, 0.15) is 0 Å². The Balaban J connectivity index is 2.68. The first-order chi connectivity index (χ1) is 8.46. The predicted octanol–water partition coefficient (Wildman–Crippen LogP) is 2.15. The van der Waals surface area contributed by atoms with Gasteiger partial charge in [-0.1, -0.05) is 6.92 Å². The maximum atomic E-state index is 5.80.